The van der Waals surface area contributed by atoms with E-state index >= 15 is 0 Å². The van der Waals surface area contributed by atoms with E-state index < -0.39 is 17.8 Å². The third-order valence-electron chi connectivity index (χ3n) is 4.13. The Kier molecular flexibility index (Phi) is 7.16. The van der Waals surface area contributed by atoms with Gasteiger partial charge in [0.2, 0.25) is 0 Å². The summed E-state index contributed by atoms with van der Waals surface area (Å²) in [4.78, 5) is 36.8. The fraction of sp³-hybridized carbons (Fsp3) is 0.0417. The first-order chi connectivity index (χ1) is 15.0. The number of hydrogen-bond acceptors (Lipinski definition) is 5. The van der Waals surface area contributed by atoms with E-state index in [-0.39, 0.29) is 29.3 Å². The van der Waals surface area contributed by atoms with Gasteiger partial charge in [0.25, 0.3) is 0 Å². The topological polar surface area (TPSA) is 105 Å². The molecule has 0 radical (unpaired) electrons. The molecule has 7 heteroatoms. The summed E-state index contributed by atoms with van der Waals surface area (Å²) in [5.74, 6) is -2.60. The number of hydrogen-bond donors (Lipinski definition) is 3. The number of phenols is 1. The largest absolute Gasteiger partial charge is 0.508 e. The van der Waals surface area contributed by atoms with Gasteiger partial charge in [-0.15, -0.1) is 0 Å². The van der Waals surface area contributed by atoms with Gasteiger partial charge in [-0.3, -0.25) is 9.59 Å². The molecule has 0 saturated heterocycles. The number of anilines is 2. The fourth-order valence-corrected chi connectivity index (χ4v) is 2.67. The number of nitrogens with one attached hydrogen (secondary N) is 2. The normalized spacial score (nSPS) is 10.5. The van der Waals surface area contributed by atoms with E-state index in [1.165, 1.54) is 36.4 Å². The van der Waals surface area contributed by atoms with Crippen LogP contribution in [0.3, 0.4) is 0 Å². The van der Waals surface area contributed by atoms with Crippen LogP contribution in [0.25, 0.3) is 6.08 Å². The average Bonchev–Trinajstić information content (AvgIpc) is 2.77. The third kappa shape index (κ3) is 6.30. The molecule has 0 unspecified atom stereocenters. The standard InChI is InChI=1S/C24H20N2O5/c27-19-12-6-11-18(16-19)25-22(28)23(29)26-21-14-5-4-13-20(21)24(30)31-15-7-10-17-8-2-1-3-9-17/h1-14,16,27H,15H2,(H,25,28)(H,26,29)/b10-7+. The van der Waals surface area contributed by atoms with Crippen LogP contribution in [-0.2, 0) is 14.3 Å². The van der Waals surface area contributed by atoms with Crippen molar-refractivity contribution in [2.75, 3.05) is 17.2 Å². The number of phenolic OH excluding ortho intramolecular Hbond substituents is 1. The summed E-state index contributed by atoms with van der Waals surface area (Å²) in [6.45, 7) is 0.0496. The summed E-state index contributed by atoms with van der Waals surface area (Å²) < 4.78 is 5.24. The molecule has 2 amide bonds. The van der Waals surface area contributed by atoms with Gasteiger partial charge in [-0.05, 0) is 35.9 Å². The molecule has 3 aromatic rings. The van der Waals surface area contributed by atoms with E-state index in [0.29, 0.717) is 0 Å². The first-order valence-electron chi connectivity index (χ1n) is 9.42. The molecule has 0 aromatic heterocycles. The van der Waals surface area contributed by atoms with Crippen LogP contribution in [0.2, 0.25) is 0 Å². The molecule has 0 atom stereocenters. The Hall–Kier alpha value is -4.39. The van der Waals surface area contributed by atoms with Crippen molar-refractivity contribution in [2.24, 2.45) is 0 Å². The molecule has 0 bridgehead atoms. The van der Waals surface area contributed by atoms with Crippen LogP contribution in [0.5, 0.6) is 5.75 Å². The lowest BCUT2D eigenvalue weighted by atomic mass is 10.1. The second-order valence-electron chi connectivity index (χ2n) is 6.42. The predicted molar refractivity (Wildman–Crippen MR) is 118 cm³/mol. The van der Waals surface area contributed by atoms with Crippen LogP contribution in [0.1, 0.15) is 15.9 Å². The average molecular weight is 416 g/mol. The van der Waals surface area contributed by atoms with Gasteiger partial charge >= 0.3 is 17.8 Å². The maximum absolute atomic E-state index is 12.4. The Morgan fingerprint density at radius 3 is 2.32 bits per heavy atom. The molecule has 0 aliphatic rings. The minimum absolute atomic E-state index is 0.0485. The van der Waals surface area contributed by atoms with Crippen molar-refractivity contribution in [1.82, 2.24) is 0 Å². The van der Waals surface area contributed by atoms with Crippen molar-refractivity contribution in [3.63, 3.8) is 0 Å². The monoisotopic (exact) mass is 416 g/mol. The Labute approximate surface area is 179 Å². The Balaban J connectivity index is 1.60. The molecule has 3 aromatic carbocycles. The molecule has 31 heavy (non-hydrogen) atoms. The summed E-state index contributed by atoms with van der Waals surface area (Å²) >= 11 is 0. The van der Waals surface area contributed by atoms with E-state index in [1.807, 2.05) is 36.4 Å². The van der Waals surface area contributed by atoms with Gasteiger partial charge in [0, 0.05) is 11.8 Å². The number of aromatic hydroxyl groups is 1. The van der Waals surface area contributed by atoms with E-state index in [0.717, 1.165) is 5.56 Å². The van der Waals surface area contributed by atoms with Crippen molar-refractivity contribution in [2.45, 2.75) is 0 Å². The smallest absolute Gasteiger partial charge is 0.340 e. The third-order valence-corrected chi connectivity index (χ3v) is 4.13. The number of carbonyl (C=O) groups excluding carboxylic acids is 3. The number of amides is 2. The van der Waals surface area contributed by atoms with E-state index in [9.17, 15) is 19.5 Å². The van der Waals surface area contributed by atoms with Gasteiger partial charge in [0.15, 0.2) is 0 Å². The summed E-state index contributed by atoms with van der Waals surface area (Å²) in [6, 6.07) is 21.6. The molecule has 0 saturated carbocycles. The first kappa shape index (κ1) is 21.3. The highest BCUT2D eigenvalue weighted by molar-refractivity contribution is 6.44. The highest BCUT2D eigenvalue weighted by atomic mass is 16.5. The first-order valence-corrected chi connectivity index (χ1v) is 9.42. The van der Waals surface area contributed by atoms with Crippen LogP contribution in [-0.4, -0.2) is 29.5 Å². The van der Waals surface area contributed by atoms with Crippen molar-refractivity contribution in [3.8, 4) is 5.75 Å². The van der Waals surface area contributed by atoms with Gasteiger partial charge < -0.3 is 20.5 Å². The van der Waals surface area contributed by atoms with Crippen LogP contribution < -0.4 is 10.6 Å². The molecular weight excluding hydrogens is 396 g/mol. The highest BCUT2D eigenvalue weighted by Crippen LogP contribution is 2.18. The van der Waals surface area contributed by atoms with Crippen LogP contribution in [0, 0.1) is 0 Å². The molecule has 0 spiro atoms. The zero-order valence-electron chi connectivity index (χ0n) is 16.4. The zero-order chi connectivity index (χ0) is 22.1. The van der Waals surface area contributed by atoms with E-state index in [2.05, 4.69) is 10.6 Å². The summed E-state index contributed by atoms with van der Waals surface area (Å²) in [5, 5.41) is 14.2. The lowest BCUT2D eigenvalue weighted by Gasteiger charge is -2.10. The number of rotatable bonds is 6. The number of ether oxygens (including phenoxy) is 1. The molecule has 3 rings (SSSR count). The minimum atomic E-state index is -0.965. The maximum atomic E-state index is 12.4. The Morgan fingerprint density at radius 2 is 1.55 bits per heavy atom. The number of carbonyl (C=O) groups is 3. The molecule has 7 nitrogen and oxygen atoms in total. The van der Waals surface area contributed by atoms with Crippen molar-refractivity contribution in [3.05, 3.63) is 96.1 Å². The SMILES string of the molecule is O=C(Nc1cccc(O)c1)C(=O)Nc1ccccc1C(=O)OC/C=C/c1ccccc1. The van der Waals surface area contributed by atoms with Crippen molar-refractivity contribution < 1.29 is 24.2 Å². The van der Waals surface area contributed by atoms with Crippen LogP contribution >= 0.6 is 0 Å². The lowest BCUT2D eigenvalue weighted by molar-refractivity contribution is -0.133. The van der Waals surface area contributed by atoms with Gasteiger partial charge in [-0.1, -0.05) is 54.6 Å². The molecular formula is C24H20N2O5. The van der Waals surface area contributed by atoms with Gasteiger partial charge in [0.1, 0.15) is 12.4 Å². The number of para-hydroxylation sites is 1. The van der Waals surface area contributed by atoms with Crippen molar-refractivity contribution in [1.29, 1.82) is 0 Å². The highest BCUT2D eigenvalue weighted by Gasteiger charge is 2.18. The summed E-state index contributed by atoms with van der Waals surface area (Å²) in [6.07, 6.45) is 3.53. The Morgan fingerprint density at radius 1 is 0.839 bits per heavy atom. The van der Waals surface area contributed by atoms with Crippen LogP contribution in [0.4, 0.5) is 11.4 Å². The molecule has 0 heterocycles. The zero-order valence-corrected chi connectivity index (χ0v) is 16.4. The van der Waals surface area contributed by atoms with E-state index in [1.54, 1.807) is 18.2 Å². The molecule has 3 N–H and O–H groups in total. The minimum Gasteiger partial charge on any atom is -0.508 e. The maximum Gasteiger partial charge on any atom is 0.340 e. The molecule has 0 aliphatic carbocycles. The summed E-state index contributed by atoms with van der Waals surface area (Å²) in [5.41, 5.74) is 1.51. The molecule has 0 aliphatic heterocycles. The van der Waals surface area contributed by atoms with Gasteiger partial charge in [0.05, 0.1) is 11.3 Å². The molecule has 0 fully saturated rings. The second kappa shape index (κ2) is 10.4. The number of esters is 1. The number of benzene rings is 3. The fourth-order valence-electron chi connectivity index (χ4n) is 2.67. The molecule has 156 valence electrons. The summed E-state index contributed by atoms with van der Waals surface area (Å²) in [7, 11) is 0. The van der Waals surface area contributed by atoms with Gasteiger partial charge in [-0.25, -0.2) is 4.79 Å². The van der Waals surface area contributed by atoms with Crippen molar-refractivity contribution >= 4 is 35.2 Å². The van der Waals surface area contributed by atoms with Gasteiger partial charge in [-0.2, -0.15) is 0 Å². The lowest BCUT2D eigenvalue weighted by Crippen LogP contribution is -2.29. The second-order valence-corrected chi connectivity index (χ2v) is 6.42. The quantitative estimate of drug-likeness (QED) is 0.418. The predicted octanol–water partition coefficient (Wildman–Crippen LogP) is 3.84. The Bertz CT molecular complexity index is 1110. The van der Waals surface area contributed by atoms with Crippen LogP contribution in [0.15, 0.2) is 84.9 Å². The van der Waals surface area contributed by atoms with E-state index in [4.69, 9.17) is 4.74 Å².